The first-order chi connectivity index (χ1) is 6.09. The second-order valence-electron chi connectivity index (χ2n) is 2.99. The Bertz CT molecular complexity index is 328. The number of halogens is 1. The van der Waals surface area contributed by atoms with Crippen LogP contribution >= 0.6 is 11.6 Å². The van der Waals surface area contributed by atoms with Gasteiger partial charge in [0.05, 0.1) is 0 Å². The van der Waals surface area contributed by atoms with E-state index in [1.54, 1.807) is 6.20 Å². The maximum Gasteiger partial charge on any atom is 0.0411 e. The lowest BCUT2D eigenvalue weighted by Crippen LogP contribution is -1.97. The predicted molar refractivity (Wildman–Crippen MR) is 57.8 cm³/mol. The molecule has 1 aromatic carbocycles. The average molecular weight is 197 g/mol. The molecule has 0 unspecified atom stereocenters. The second-order valence-corrected chi connectivity index (χ2v) is 3.43. The highest BCUT2D eigenvalue weighted by atomic mass is 35.5. The van der Waals surface area contributed by atoms with Gasteiger partial charge in [-0.15, -0.1) is 0 Å². The smallest absolute Gasteiger partial charge is 0.0411 e. The van der Waals surface area contributed by atoms with Crippen LogP contribution in [0.15, 0.2) is 30.1 Å². The van der Waals surface area contributed by atoms with Crippen LogP contribution in [0.5, 0.6) is 0 Å². The second kappa shape index (κ2) is 4.19. The third-order valence-corrected chi connectivity index (χ3v) is 1.88. The van der Waals surface area contributed by atoms with Crippen LogP contribution in [0.4, 0.5) is 5.69 Å². The third kappa shape index (κ3) is 2.99. The molecule has 1 aromatic rings. The Morgan fingerprint density at radius 2 is 2.23 bits per heavy atom. The molecule has 0 amide bonds. The Kier molecular flexibility index (Phi) is 3.20. The molecule has 3 heteroatoms. The Morgan fingerprint density at radius 1 is 1.54 bits per heavy atom. The van der Waals surface area contributed by atoms with Crippen LogP contribution < -0.4 is 11.1 Å². The molecule has 2 nitrogen and oxygen atoms in total. The minimum absolute atomic E-state index is 0.745. The van der Waals surface area contributed by atoms with Crippen molar-refractivity contribution in [1.82, 2.24) is 0 Å². The molecule has 0 bridgehead atoms. The Balaban J connectivity index is 2.84. The first-order valence-corrected chi connectivity index (χ1v) is 4.42. The number of aryl methyl sites for hydroxylation is 1. The number of hydrogen-bond donors (Lipinski definition) is 2. The van der Waals surface area contributed by atoms with Gasteiger partial charge in [-0.1, -0.05) is 11.6 Å². The van der Waals surface area contributed by atoms with Gasteiger partial charge in [0.1, 0.15) is 0 Å². The summed E-state index contributed by atoms with van der Waals surface area (Å²) in [5.41, 5.74) is 8.36. The normalized spacial score (nSPS) is 11.5. The number of nitrogens with one attached hydrogen (secondary N) is 1. The molecule has 0 aliphatic rings. The van der Waals surface area contributed by atoms with Crippen LogP contribution in [-0.2, 0) is 0 Å². The van der Waals surface area contributed by atoms with Gasteiger partial charge in [0.25, 0.3) is 0 Å². The molecule has 0 aromatic heterocycles. The van der Waals surface area contributed by atoms with Crippen molar-refractivity contribution in [1.29, 1.82) is 0 Å². The molecule has 3 N–H and O–H groups in total. The zero-order valence-electron chi connectivity index (χ0n) is 7.76. The van der Waals surface area contributed by atoms with Crippen molar-refractivity contribution in [2.24, 2.45) is 5.73 Å². The monoisotopic (exact) mass is 196 g/mol. The lowest BCUT2D eigenvalue weighted by Gasteiger charge is -2.05. The summed E-state index contributed by atoms with van der Waals surface area (Å²) in [6.45, 7) is 3.83. The van der Waals surface area contributed by atoms with Gasteiger partial charge in [-0.3, -0.25) is 0 Å². The molecule has 70 valence electrons. The highest BCUT2D eigenvalue weighted by Crippen LogP contribution is 2.19. The summed E-state index contributed by atoms with van der Waals surface area (Å²) >= 11 is 5.81. The van der Waals surface area contributed by atoms with E-state index in [4.69, 9.17) is 17.3 Å². The maximum atomic E-state index is 5.81. The molecular weight excluding hydrogens is 184 g/mol. The van der Waals surface area contributed by atoms with Crippen LogP contribution in [0, 0.1) is 6.92 Å². The number of hydrogen-bond acceptors (Lipinski definition) is 2. The predicted octanol–water partition coefficient (Wildman–Crippen LogP) is 2.88. The molecule has 0 atom stereocenters. The molecule has 0 aliphatic carbocycles. The van der Waals surface area contributed by atoms with Crippen molar-refractivity contribution in [3.05, 3.63) is 40.7 Å². The first kappa shape index (κ1) is 9.93. The van der Waals surface area contributed by atoms with Gasteiger partial charge < -0.3 is 11.1 Å². The largest absolute Gasteiger partial charge is 0.401 e. The van der Waals surface area contributed by atoms with Gasteiger partial charge in [0.2, 0.25) is 0 Å². The van der Waals surface area contributed by atoms with Crippen LogP contribution in [0.2, 0.25) is 5.02 Å². The number of nitrogens with two attached hydrogens (primary N) is 1. The Hall–Kier alpha value is -1.15. The van der Waals surface area contributed by atoms with Crippen molar-refractivity contribution in [3.63, 3.8) is 0 Å². The quantitative estimate of drug-likeness (QED) is 0.764. The molecule has 0 saturated heterocycles. The Morgan fingerprint density at radius 3 is 2.77 bits per heavy atom. The van der Waals surface area contributed by atoms with E-state index in [0.29, 0.717) is 0 Å². The van der Waals surface area contributed by atoms with Crippen LogP contribution in [-0.4, -0.2) is 0 Å². The number of allylic oxidation sites excluding steroid dienone is 1. The molecule has 1 rings (SSSR count). The number of rotatable bonds is 2. The third-order valence-electron chi connectivity index (χ3n) is 1.64. The first-order valence-electron chi connectivity index (χ1n) is 4.04. The summed E-state index contributed by atoms with van der Waals surface area (Å²) in [7, 11) is 0. The fraction of sp³-hybridized carbons (Fsp3) is 0.200. The highest BCUT2D eigenvalue weighted by molar-refractivity contribution is 6.30. The average Bonchev–Trinajstić information content (AvgIpc) is 2.02. The topological polar surface area (TPSA) is 38.0 Å². The lowest BCUT2D eigenvalue weighted by atomic mass is 10.2. The van der Waals surface area contributed by atoms with Gasteiger partial charge in [-0.2, -0.15) is 0 Å². The fourth-order valence-electron chi connectivity index (χ4n) is 0.981. The van der Waals surface area contributed by atoms with Gasteiger partial charge in [0, 0.05) is 22.6 Å². The highest BCUT2D eigenvalue weighted by Gasteiger charge is 1.95. The van der Waals surface area contributed by atoms with Crippen LogP contribution in [0.1, 0.15) is 12.5 Å². The van der Waals surface area contributed by atoms with Crippen molar-refractivity contribution in [3.8, 4) is 0 Å². The minimum Gasteiger partial charge on any atom is -0.401 e. The molecule has 0 heterocycles. The molecule has 13 heavy (non-hydrogen) atoms. The Labute approximate surface area is 83.4 Å². The van der Waals surface area contributed by atoms with Crippen molar-refractivity contribution in [2.45, 2.75) is 13.8 Å². The van der Waals surface area contributed by atoms with E-state index in [1.807, 2.05) is 32.0 Å². The van der Waals surface area contributed by atoms with E-state index < -0.39 is 0 Å². The maximum absolute atomic E-state index is 5.81. The standard InChI is InChI=1S/C10H13ClN2/c1-7-5-9(11)3-4-10(7)13-6-8(2)12/h3-6,13H,12H2,1-2H3/b8-6-. The minimum atomic E-state index is 0.745. The van der Waals surface area contributed by atoms with Crippen molar-refractivity contribution in [2.75, 3.05) is 5.32 Å². The molecule has 0 spiro atoms. The molecule has 0 saturated carbocycles. The summed E-state index contributed by atoms with van der Waals surface area (Å²) in [4.78, 5) is 0. The molecule has 0 fully saturated rings. The summed E-state index contributed by atoms with van der Waals surface area (Å²) in [6.07, 6.45) is 1.76. The van der Waals surface area contributed by atoms with Crippen molar-refractivity contribution < 1.29 is 0 Å². The molecular formula is C10H13ClN2. The van der Waals surface area contributed by atoms with Gasteiger partial charge in [-0.25, -0.2) is 0 Å². The molecule has 0 radical (unpaired) electrons. The fourth-order valence-corrected chi connectivity index (χ4v) is 1.21. The van der Waals surface area contributed by atoms with E-state index in [2.05, 4.69) is 5.32 Å². The van der Waals surface area contributed by atoms with Gasteiger partial charge in [-0.05, 0) is 37.6 Å². The summed E-state index contributed by atoms with van der Waals surface area (Å²) < 4.78 is 0. The van der Waals surface area contributed by atoms with E-state index in [1.165, 1.54) is 0 Å². The number of benzene rings is 1. The zero-order chi connectivity index (χ0) is 9.84. The van der Waals surface area contributed by atoms with Gasteiger partial charge >= 0.3 is 0 Å². The lowest BCUT2D eigenvalue weighted by molar-refractivity contribution is 1.29. The molecule has 0 aliphatic heterocycles. The summed E-state index contributed by atoms with van der Waals surface area (Å²) in [5, 5.41) is 3.84. The van der Waals surface area contributed by atoms with E-state index in [9.17, 15) is 0 Å². The van der Waals surface area contributed by atoms with E-state index >= 15 is 0 Å². The zero-order valence-corrected chi connectivity index (χ0v) is 8.52. The summed E-state index contributed by atoms with van der Waals surface area (Å²) in [5.74, 6) is 0. The van der Waals surface area contributed by atoms with Crippen molar-refractivity contribution >= 4 is 17.3 Å². The van der Waals surface area contributed by atoms with Gasteiger partial charge in [0.15, 0.2) is 0 Å². The summed E-state index contributed by atoms with van der Waals surface area (Å²) in [6, 6.07) is 5.68. The van der Waals surface area contributed by atoms with E-state index in [-0.39, 0.29) is 0 Å². The van der Waals surface area contributed by atoms with Crippen LogP contribution in [0.3, 0.4) is 0 Å². The van der Waals surface area contributed by atoms with Crippen LogP contribution in [0.25, 0.3) is 0 Å². The SMILES string of the molecule is C/C(N)=C/Nc1ccc(Cl)cc1C. The number of anilines is 1. The van der Waals surface area contributed by atoms with E-state index in [0.717, 1.165) is 22.0 Å².